The number of hydrogen-bond donors (Lipinski definition) is 2. The first kappa shape index (κ1) is 17.4. The molecule has 0 aromatic carbocycles. The standard InChI is InChI=1S/C15H32N2O/c1-13(2)9-7-5-6-8-10-14(3)11-17-15(18)12-16-4/h13-14,16H,5-12H2,1-4H3,(H,17,18). The van der Waals surface area contributed by atoms with Crippen molar-refractivity contribution in [3.8, 4) is 0 Å². The molecule has 0 saturated heterocycles. The van der Waals surface area contributed by atoms with Crippen molar-refractivity contribution in [1.82, 2.24) is 10.6 Å². The van der Waals surface area contributed by atoms with E-state index in [2.05, 4.69) is 31.4 Å². The Hall–Kier alpha value is -0.570. The van der Waals surface area contributed by atoms with Gasteiger partial charge >= 0.3 is 0 Å². The summed E-state index contributed by atoms with van der Waals surface area (Å²) in [6, 6.07) is 0. The third-order valence-electron chi connectivity index (χ3n) is 3.21. The van der Waals surface area contributed by atoms with Crippen LogP contribution in [-0.4, -0.2) is 26.0 Å². The lowest BCUT2D eigenvalue weighted by molar-refractivity contribution is -0.120. The lowest BCUT2D eigenvalue weighted by Crippen LogP contribution is -2.34. The van der Waals surface area contributed by atoms with Gasteiger partial charge in [-0.1, -0.05) is 52.9 Å². The van der Waals surface area contributed by atoms with E-state index in [1.165, 1.54) is 38.5 Å². The van der Waals surface area contributed by atoms with Gasteiger partial charge in [-0.2, -0.15) is 0 Å². The summed E-state index contributed by atoms with van der Waals surface area (Å²) in [6.07, 6.45) is 7.93. The Morgan fingerprint density at radius 1 is 1.00 bits per heavy atom. The summed E-state index contributed by atoms with van der Waals surface area (Å²) >= 11 is 0. The maximum Gasteiger partial charge on any atom is 0.233 e. The van der Waals surface area contributed by atoms with E-state index in [1.54, 1.807) is 7.05 Å². The minimum atomic E-state index is 0.0984. The summed E-state index contributed by atoms with van der Waals surface area (Å²) in [7, 11) is 1.79. The van der Waals surface area contributed by atoms with E-state index in [0.717, 1.165) is 12.5 Å². The van der Waals surface area contributed by atoms with Crippen LogP contribution in [0.1, 0.15) is 59.3 Å². The number of amides is 1. The molecule has 0 aromatic rings. The SMILES string of the molecule is CNCC(=O)NCC(C)CCCCCCC(C)C. The van der Waals surface area contributed by atoms with E-state index < -0.39 is 0 Å². The van der Waals surface area contributed by atoms with Crippen LogP contribution in [-0.2, 0) is 4.79 Å². The predicted octanol–water partition coefficient (Wildman–Crippen LogP) is 2.95. The summed E-state index contributed by atoms with van der Waals surface area (Å²) in [4.78, 5) is 11.3. The molecular weight excluding hydrogens is 224 g/mol. The highest BCUT2D eigenvalue weighted by molar-refractivity contribution is 5.77. The fourth-order valence-electron chi connectivity index (χ4n) is 2.01. The van der Waals surface area contributed by atoms with Gasteiger partial charge in [-0.25, -0.2) is 0 Å². The quantitative estimate of drug-likeness (QED) is 0.558. The summed E-state index contributed by atoms with van der Waals surface area (Å²) in [5.74, 6) is 1.53. The van der Waals surface area contributed by atoms with Gasteiger partial charge in [-0.15, -0.1) is 0 Å². The van der Waals surface area contributed by atoms with Crippen molar-refractivity contribution in [3.05, 3.63) is 0 Å². The van der Waals surface area contributed by atoms with E-state index >= 15 is 0 Å². The lowest BCUT2D eigenvalue weighted by atomic mass is 10.0. The van der Waals surface area contributed by atoms with Crippen molar-refractivity contribution in [2.45, 2.75) is 59.3 Å². The highest BCUT2D eigenvalue weighted by Gasteiger charge is 2.04. The minimum absolute atomic E-state index is 0.0984. The molecule has 0 fully saturated rings. The molecule has 108 valence electrons. The lowest BCUT2D eigenvalue weighted by Gasteiger charge is -2.12. The van der Waals surface area contributed by atoms with Gasteiger partial charge in [-0.3, -0.25) is 4.79 Å². The van der Waals surface area contributed by atoms with Crippen LogP contribution >= 0.6 is 0 Å². The average Bonchev–Trinajstić information content (AvgIpc) is 2.31. The van der Waals surface area contributed by atoms with E-state index in [1.807, 2.05) is 0 Å². The number of carbonyl (C=O) groups excluding carboxylic acids is 1. The van der Waals surface area contributed by atoms with E-state index in [0.29, 0.717) is 12.5 Å². The third kappa shape index (κ3) is 11.9. The normalized spacial score (nSPS) is 12.7. The number of carbonyl (C=O) groups is 1. The molecule has 0 heterocycles. The second-order valence-electron chi connectivity index (χ2n) is 5.82. The van der Waals surface area contributed by atoms with Crippen LogP contribution in [0, 0.1) is 11.8 Å². The van der Waals surface area contributed by atoms with Crippen LogP contribution in [0.15, 0.2) is 0 Å². The molecule has 1 unspecified atom stereocenters. The van der Waals surface area contributed by atoms with Gasteiger partial charge in [0, 0.05) is 6.54 Å². The summed E-state index contributed by atoms with van der Waals surface area (Å²) in [5.41, 5.74) is 0. The van der Waals surface area contributed by atoms with Crippen LogP contribution in [0.4, 0.5) is 0 Å². The molecule has 3 nitrogen and oxygen atoms in total. The van der Waals surface area contributed by atoms with E-state index in [-0.39, 0.29) is 5.91 Å². The Labute approximate surface area is 113 Å². The van der Waals surface area contributed by atoms with Gasteiger partial charge in [0.05, 0.1) is 6.54 Å². The van der Waals surface area contributed by atoms with Crippen LogP contribution in [0.2, 0.25) is 0 Å². The first-order chi connectivity index (χ1) is 8.56. The van der Waals surface area contributed by atoms with Crippen molar-refractivity contribution < 1.29 is 4.79 Å². The van der Waals surface area contributed by atoms with Crippen molar-refractivity contribution >= 4 is 5.91 Å². The van der Waals surface area contributed by atoms with Gasteiger partial charge < -0.3 is 10.6 Å². The average molecular weight is 256 g/mol. The number of hydrogen-bond acceptors (Lipinski definition) is 2. The number of nitrogens with one attached hydrogen (secondary N) is 2. The number of likely N-dealkylation sites (N-methyl/N-ethyl adjacent to an activating group) is 1. The molecule has 0 aliphatic heterocycles. The minimum Gasteiger partial charge on any atom is -0.355 e. The molecule has 0 rings (SSSR count). The largest absolute Gasteiger partial charge is 0.355 e. The van der Waals surface area contributed by atoms with Gasteiger partial charge in [0.1, 0.15) is 0 Å². The molecule has 0 aliphatic rings. The Balaban J connectivity index is 3.31. The van der Waals surface area contributed by atoms with Crippen molar-refractivity contribution in [2.75, 3.05) is 20.1 Å². The Kier molecular flexibility index (Phi) is 11.2. The Bertz CT molecular complexity index is 205. The Morgan fingerprint density at radius 2 is 1.61 bits per heavy atom. The topological polar surface area (TPSA) is 41.1 Å². The first-order valence-corrected chi connectivity index (χ1v) is 7.47. The second kappa shape index (κ2) is 11.5. The molecule has 18 heavy (non-hydrogen) atoms. The Morgan fingerprint density at radius 3 is 2.17 bits per heavy atom. The molecule has 0 saturated carbocycles. The van der Waals surface area contributed by atoms with Crippen LogP contribution in [0.5, 0.6) is 0 Å². The van der Waals surface area contributed by atoms with Crippen molar-refractivity contribution in [3.63, 3.8) is 0 Å². The van der Waals surface area contributed by atoms with Gasteiger partial charge in [-0.05, 0) is 25.3 Å². The highest BCUT2D eigenvalue weighted by atomic mass is 16.1. The van der Waals surface area contributed by atoms with E-state index in [4.69, 9.17) is 0 Å². The molecule has 3 heteroatoms. The predicted molar refractivity (Wildman–Crippen MR) is 78.6 cm³/mol. The molecule has 0 bridgehead atoms. The maximum atomic E-state index is 11.3. The van der Waals surface area contributed by atoms with Gasteiger partial charge in [0.15, 0.2) is 0 Å². The number of rotatable bonds is 11. The summed E-state index contributed by atoms with van der Waals surface area (Å²) < 4.78 is 0. The zero-order valence-electron chi connectivity index (χ0n) is 12.7. The molecule has 2 N–H and O–H groups in total. The second-order valence-corrected chi connectivity index (χ2v) is 5.82. The molecule has 0 aromatic heterocycles. The van der Waals surface area contributed by atoms with E-state index in [9.17, 15) is 4.79 Å². The van der Waals surface area contributed by atoms with Gasteiger partial charge in [0.25, 0.3) is 0 Å². The molecule has 0 spiro atoms. The first-order valence-electron chi connectivity index (χ1n) is 7.47. The highest BCUT2D eigenvalue weighted by Crippen LogP contribution is 2.13. The van der Waals surface area contributed by atoms with Crippen molar-refractivity contribution in [1.29, 1.82) is 0 Å². The van der Waals surface area contributed by atoms with Crippen LogP contribution < -0.4 is 10.6 Å². The third-order valence-corrected chi connectivity index (χ3v) is 3.21. The monoisotopic (exact) mass is 256 g/mol. The molecular formula is C15H32N2O. The molecule has 0 aliphatic carbocycles. The van der Waals surface area contributed by atoms with Crippen molar-refractivity contribution in [2.24, 2.45) is 11.8 Å². The fourth-order valence-corrected chi connectivity index (χ4v) is 2.01. The van der Waals surface area contributed by atoms with Crippen LogP contribution in [0.25, 0.3) is 0 Å². The molecule has 0 radical (unpaired) electrons. The zero-order chi connectivity index (χ0) is 13.8. The number of unbranched alkanes of at least 4 members (excludes halogenated alkanes) is 3. The van der Waals surface area contributed by atoms with Crippen LogP contribution in [0.3, 0.4) is 0 Å². The smallest absolute Gasteiger partial charge is 0.233 e. The summed E-state index contributed by atoms with van der Waals surface area (Å²) in [6.45, 7) is 8.02. The molecule has 1 amide bonds. The maximum absolute atomic E-state index is 11.3. The molecule has 1 atom stereocenters. The van der Waals surface area contributed by atoms with Gasteiger partial charge in [0.2, 0.25) is 5.91 Å². The summed E-state index contributed by atoms with van der Waals surface area (Å²) in [5, 5.41) is 5.80. The fraction of sp³-hybridized carbons (Fsp3) is 0.933. The zero-order valence-corrected chi connectivity index (χ0v) is 12.7.